The van der Waals surface area contributed by atoms with Gasteiger partial charge in [-0.3, -0.25) is 4.79 Å². The molecule has 0 saturated carbocycles. The van der Waals surface area contributed by atoms with Crippen LogP contribution in [0.3, 0.4) is 0 Å². The Morgan fingerprint density at radius 2 is 1.83 bits per heavy atom. The number of benzene rings is 1. The van der Waals surface area contributed by atoms with E-state index in [2.05, 4.69) is 10.6 Å². The third-order valence-electron chi connectivity index (χ3n) is 3.88. The lowest BCUT2D eigenvalue weighted by atomic mass is 9.98. The molecule has 1 aromatic rings. The fraction of sp³-hybridized carbons (Fsp3) is 0.579. The van der Waals surface area contributed by atoms with Crippen LogP contribution in [0, 0.1) is 12.8 Å². The van der Waals surface area contributed by atoms with E-state index in [1.807, 2.05) is 45.0 Å². The lowest BCUT2D eigenvalue weighted by Gasteiger charge is -2.26. The quantitative estimate of drug-likeness (QED) is 0.836. The third-order valence-corrected chi connectivity index (χ3v) is 3.88. The van der Waals surface area contributed by atoms with Gasteiger partial charge in [-0.15, -0.1) is 0 Å². The molecule has 134 valence electrons. The molecule has 0 heterocycles. The number of carbonyl (C=O) groups is 2. The highest BCUT2D eigenvalue weighted by atomic mass is 16.6. The first-order valence-corrected chi connectivity index (χ1v) is 8.45. The van der Waals surface area contributed by atoms with Crippen molar-refractivity contribution >= 4 is 12.0 Å². The monoisotopic (exact) mass is 334 g/mol. The van der Waals surface area contributed by atoms with Crippen molar-refractivity contribution in [2.24, 2.45) is 5.92 Å². The second-order valence-corrected chi connectivity index (χ2v) is 7.15. The van der Waals surface area contributed by atoms with Gasteiger partial charge in [0.2, 0.25) is 5.91 Å². The van der Waals surface area contributed by atoms with Crippen molar-refractivity contribution in [3.05, 3.63) is 35.4 Å². The Hall–Kier alpha value is -2.04. The molecule has 0 bridgehead atoms. The van der Waals surface area contributed by atoms with E-state index >= 15 is 0 Å². The molecular formula is C19H30N2O3. The number of hydrogen-bond acceptors (Lipinski definition) is 3. The number of hydrogen-bond donors (Lipinski definition) is 2. The Kier molecular flexibility index (Phi) is 7.26. The molecular weight excluding hydrogens is 304 g/mol. The molecule has 5 nitrogen and oxygen atoms in total. The van der Waals surface area contributed by atoms with Crippen LogP contribution in [-0.2, 0) is 16.1 Å². The van der Waals surface area contributed by atoms with Crippen molar-refractivity contribution in [3.8, 4) is 0 Å². The summed E-state index contributed by atoms with van der Waals surface area (Å²) >= 11 is 0. The van der Waals surface area contributed by atoms with Crippen LogP contribution in [-0.4, -0.2) is 23.6 Å². The van der Waals surface area contributed by atoms with Crippen molar-refractivity contribution < 1.29 is 14.3 Å². The summed E-state index contributed by atoms with van der Waals surface area (Å²) in [6, 6.07) is 7.28. The first kappa shape index (κ1) is 20.0. The fourth-order valence-corrected chi connectivity index (χ4v) is 2.24. The number of aryl methyl sites for hydroxylation is 1. The van der Waals surface area contributed by atoms with Crippen LogP contribution in [0.25, 0.3) is 0 Å². The van der Waals surface area contributed by atoms with Crippen molar-refractivity contribution in [2.75, 3.05) is 0 Å². The third kappa shape index (κ3) is 6.60. The van der Waals surface area contributed by atoms with Gasteiger partial charge in [-0.25, -0.2) is 4.79 Å². The molecule has 0 radical (unpaired) electrons. The number of nitrogens with one attached hydrogen (secondary N) is 2. The highest BCUT2D eigenvalue weighted by molar-refractivity contribution is 5.86. The van der Waals surface area contributed by atoms with Gasteiger partial charge in [-0.2, -0.15) is 0 Å². The Morgan fingerprint density at radius 3 is 2.38 bits per heavy atom. The van der Waals surface area contributed by atoms with E-state index in [0.29, 0.717) is 6.54 Å². The molecule has 2 N–H and O–H groups in total. The van der Waals surface area contributed by atoms with Crippen LogP contribution in [0.15, 0.2) is 24.3 Å². The van der Waals surface area contributed by atoms with Crippen molar-refractivity contribution in [2.45, 2.75) is 66.2 Å². The summed E-state index contributed by atoms with van der Waals surface area (Å²) in [5, 5.41) is 5.62. The van der Waals surface area contributed by atoms with Gasteiger partial charge < -0.3 is 15.4 Å². The molecule has 1 aromatic carbocycles. The van der Waals surface area contributed by atoms with Crippen molar-refractivity contribution in [3.63, 3.8) is 0 Å². The average Bonchev–Trinajstić information content (AvgIpc) is 2.49. The van der Waals surface area contributed by atoms with Gasteiger partial charge in [0.05, 0.1) is 0 Å². The minimum Gasteiger partial charge on any atom is -0.444 e. The Labute approximate surface area is 145 Å². The number of rotatable bonds is 6. The molecule has 0 aliphatic carbocycles. The maximum Gasteiger partial charge on any atom is 0.408 e. The van der Waals surface area contributed by atoms with Gasteiger partial charge in [-0.05, 0) is 44.7 Å². The highest BCUT2D eigenvalue weighted by Gasteiger charge is 2.28. The predicted octanol–water partition coefficient (Wildman–Crippen LogP) is 3.55. The smallest absolute Gasteiger partial charge is 0.408 e. The lowest BCUT2D eigenvalue weighted by molar-refractivity contribution is -0.124. The van der Waals surface area contributed by atoms with E-state index in [1.54, 1.807) is 20.8 Å². The molecule has 2 amide bonds. The van der Waals surface area contributed by atoms with Crippen LogP contribution in [0.5, 0.6) is 0 Å². The summed E-state index contributed by atoms with van der Waals surface area (Å²) in [5.41, 5.74) is 1.59. The summed E-state index contributed by atoms with van der Waals surface area (Å²) in [6.45, 7) is 11.8. The number of ether oxygens (including phenoxy) is 1. The summed E-state index contributed by atoms with van der Waals surface area (Å²) in [4.78, 5) is 24.6. The predicted molar refractivity (Wildman–Crippen MR) is 95.6 cm³/mol. The minimum absolute atomic E-state index is 0.00869. The van der Waals surface area contributed by atoms with Crippen LogP contribution < -0.4 is 10.6 Å². The topological polar surface area (TPSA) is 67.4 Å². The molecule has 0 aromatic heterocycles. The zero-order chi connectivity index (χ0) is 18.3. The zero-order valence-electron chi connectivity index (χ0n) is 15.6. The SMILES string of the molecule is CCC(C)C(NC(=O)OC(C)(C)C)C(=O)NCc1ccccc1C. The normalized spacial score (nSPS) is 13.8. The summed E-state index contributed by atoms with van der Waals surface area (Å²) < 4.78 is 5.26. The second-order valence-electron chi connectivity index (χ2n) is 7.15. The molecule has 0 fully saturated rings. The molecule has 5 heteroatoms. The molecule has 2 atom stereocenters. The van der Waals surface area contributed by atoms with Crippen molar-refractivity contribution in [1.29, 1.82) is 0 Å². The van der Waals surface area contributed by atoms with Crippen LogP contribution in [0.2, 0.25) is 0 Å². The highest BCUT2D eigenvalue weighted by Crippen LogP contribution is 2.12. The Morgan fingerprint density at radius 1 is 1.21 bits per heavy atom. The molecule has 24 heavy (non-hydrogen) atoms. The number of alkyl carbamates (subject to hydrolysis) is 1. The maximum atomic E-state index is 12.5. The second kappa shape index (κ2) is 8.71. The van der Waals surface area contributed by atoms with Crippen LogP contribution in [0.1, 0.15) is 52.2 Å². The minimum atomic E-state index is -0.617. The van der Waals surface area contributed by atoms with E-state index in [0.717, 1.165) is 17.5 Å². The zero-order valence-corrected chi connectivity index (χ0v) is 15.6. The van der Waals surface area contributed by atoms with E-state index in [9.17, 15) is 9.59 Å². The van der Waals surface area contributed by atoms with E-state index in [4.69, 9.17) is 4.74 Å². The average molecular weight is 334 g/mol. The van der Waals surface area contributed by atoms with E-state index in [1.165, 1.54) is 0 Å². The standard InChI is InChI=1S/C19H30N2O3/c1-7-13(2)16(21-18(23)24-19(4,5)6)17(22)20-12-15-11-9-8-10-14(15)3/h8-11,13,16H,7,12H2,1-6H3,(H,20,22)(H,21,23). The molecule has 0 aliphatic rings. The molecule has 0 spiro atoms. The van der Waals surface area contributed by atoms with E-state index < -0.39 is 17.7 Å². The molecule has 1 rings (SSSR count). The maximum absolute atomic E-state index is 12.5. The van der Waals surface area contributed by atoms with Crippen LogP contribution in [0.4, 0.5) is 4.79 Å². The summed E-state index contributed by atoms with van der Waals surface area (Å²) in [5.74, 6) is -0.187. The Bertz CT molecular complexity index is 564. The fourth-order valence-electron chi connectivity index (χ4n) is 2.24. The van der Waals surface area contributed by atoms with Crippen molar-refractivity contribution in [1.82, 2.24) is 10.6 Å². The molecule has 2 unspecified atom stereocenters. The van der Waals surface area contributed by atoms with Gasteiger partial charge in [0.15, 0.2) is 0 Å². The van der Waals surface area contributed by atoms with Gasteiger partial charge in [0.25, 0.3) is 0 Å². The number of amides is 2. The lowest BCUT2D eigenvalue weighted by Crippen LogP contribution is -2.51. The van der Waals surface area contributed by atoms with Crippen LogP contribution >= 0.6 is 0 Å². The number of carbonyl (C=O) groups excluding carboxylic acids is 2. The largest absolute Gasteiger partial charge is 0.444 e. The van der Waals surface area contributed by atoms with Gasteiger partial charge in [0.1, 0.15) is 11.6 Å². The first-order valence-electron chi connectivity index (χ1n) is 8.45. The van der Waals surface area contributed by atoms with E-state index in [-0.39, 0.29) is 11.8 Å². The van der Waals surface area contributed by atoms with Gasteiger partial charge in [-0.1, -0.05) is 44.5 Å². The first-order chi connectivity index (χ1) is 11.1. The summed E-state index contributed by atoms with van der Waals surface area (Å²) in [7, 11) is 0. The molecule has 0 aliphatic heterocycles. The Balaban J connectivity index is 2.71. The van der Waals surface area contributed by atoms with Gasteiger partial charge >= 0.3 is 6.09 Å². The molecule has 0 saturated heterocycles. The summed E-state index contributed by atoms with van der Waals surface area (Å²) in [6.07, 6.45) is 0.206. The van der Waals surface area contributed by atoms with Gasteiger partial charge in [0, 0.05) is 6.54 Å².